The van der Waals surface area contributed by atoms with Crippen LogP contribution in [0, 0.1) is 0 Å². The van der Waals surface area contributed by atoms with E-state index in [4.69, 9.17) is 15.2 Å². The minimum absolute atomic E-state index is 0.157. The lowest BCUT2D eigenvalue weighted by Crippen LogP contribution is -2.28. The number of ether oxygens (including phenoxy) is 2. The molecule has 4 N–H and O–H groups in total. The van der Waals surface area contributed by atoms with Crippen molar-refractivity contribution in [2.75, 3.05) is 12.3 Å². The normalized spacial score (nSPS) is 24.2. The van der Waals surface area contributed by atoms with E-state index in [1.807, 2.05) is 0 Å². The quantitative estimate of drug-likeness (QED) is 0.679. The zero-order chi connectivity index (χ0) is 16.7. The first-order chi connectivity index (χ1) is 10.9. The molecule has 0 unspecified atom stereocenters. The van der Waals surface area contributed by atoms with Gasteiger partial charge in [-0.25, -0.2) is 0 Å². The van der Waals surface area contributed by atoms with Gasteiger partial charge in [0.25, 0.3) is 0 Å². The van der Waals surface area contributed by atoms with E-state index in [-0.39, 0.29) is 28.8 Å². The Morgan fingerprint density at radius 3 is 3.00 bits per heavy atom. The first-order valence-electron chi connectivity index (χ1n) is 6.86. The molecule has 0 radical (unpaired) electrons. The summed E-state index contributed by atoms with van der Waals surface area (Å²) in [5, 5.41) is 19.2. The van der Waals surface area contributed by atoms with Crippen molar-refractivity contribution in [3.8, 4) is 5.88 Å². The third-order valence-corrected chi connectivity index (χ3v) is 4.36. The van der Waals surface area contributed by atoms with Crippen molar-refractivity contribution in [1.82, 2.24) is 14.5 Å². The topological polar surface area (TPSA) is 133 Å². The number of aliphatic hydroxyl groups is 1. The number of allylic oxidation sites excluding steroid dienone is 1. The summed E-state index contributed by atoms with van der Waals surface area (Å²) >= 11 is 0.787. The molecular weight excluding hydrogens is 324 g/mol. The van der Waals surface area contributed by atoms with Gasteiger partial charge in [-0.05, 0) is 6.92 Å². The van der Waals surface area contributed by atoms with Crippen molar-refractivity contribution >= 4 is 27.6 Å². The van der Waals surface area contributed by atoms with Crippen molar-refractivity contribution in [2.45, 2.75) is 31.8 Å². The molecule has 0 aromatic carbocycles. The Labute approximate surface area is 134 Å². The number of aromatic hydroxyl groups is 1. The second-order valence-corrected chi connectivity index (χ2v) is 6.18. The zero-order valence-corrected chi connectivity index (χ0v) is 13.1. The average molecular weight is 340 g/mol. The summed E-state index contributed by atoms with van der Waals surface area (Å²) in [5.74, 6) is -0.0511. The van der Waals surface area contributed by atoms with E-state index in [1.165, 1.54) is 4.57 Å². The van der Waals surface area contributed by atoms with Gasteiger partial charge in [0.1, 0.15) is 10.8 Å². The molecule has 2 aromatic rings. The molecule has 10 heteroatoms. The van der Waals surface area contributed by atoms with Gasteiger partial charge in [-0.15, -0.1) is 0 Å². The van der Waals surface area contributed by atoms with Crippen LogP contribution in [0.4, 0.5) is 5.95 Å². The van der Waals surface area contributed by atoms with E-state index in [2.05, 4.69) is 16.5 Å². The predicted octanol–water partition coefficient (Wildman–Crippen LogP) is 0.339. The Bertz CT molecular complexity index is 817. The summed E-state index contributed by atoms with van der Waals surface area (Å²) < 4.78 is 12.8. The first-order valence-corrected chi connectivity index (χ1v) is 7.68. The second-order valence-electron chi connectivity index (χ2n) is 5.22. The van der Waals surface area contributed by atoms with Crippen molar-refractivity contribution in [3.05, 3.63) is 22.0 Å². The summed E-state index contributed by atoms with van der Waals surface area (Å²) in [6, 6.07) is 0. The Morgan fingerprint density at radius 2 is 2.35 bits per heavy atom. The molecule has 2 aromatic heterocycles. The van der Waals surface area contributed by atoms with E-state index in [0.29, 0.717) is 12.2 Å². The fraction of sp³-hybridized carbons (Fsp3) is 0.462. The lowest BCUT2D eigenvalue weighted by atomic mass is 10.2. The van der Waals surface area contributed by atoms with Gasteiger partial charge in [0.15, 0.2) is 11.9 Å². The van der Waals surface area contributed by atoms with Gasteiger partial charge in [0, 0.05) is 6.42 Å². The molecule has 3 atom stereocenters. The van der Waals surface area contributed by atoms with Crippen LogP contribution in [-0.4, -0.2) is 43.6 Å². The van der Waals surface area contributed by atoms with E-state index in [9.17, 15) is 15.0 Å². The molecule has 0 bridgehead atoms. The molecule has 0 saturated carbocycles. The number of fused-ring (bicyclic) bond motifs is 1. The fourth-order valence-electron chi connectivity index (χ4n) is 2.57. The van der Waals surface area contributed by atoms with Crippen LogP contribution in [0.5, 0.6) is 5.88 Å². The van der Waals surface area contributed by atoms with Gasteiger partial charge in [-0.1, -0.05) is 17.9 Å². The zero-order valence-electron chi connectivity index (χ0n) is 12.3. The third kappa shape index (κ3) is 2.76. The standard InChI is InChI=1S/C13H16N4O5S/c1-5(2)21-7-3-6(4-18)22-11(7)17-9-8(23-13(17)20)10(19)16-12(14)15-9/h6-7,11,18H,1,3-4H2,2H3,(H3,14,15,16,19)/t6-,7+,11+/m0/s1. The summed E-state index contributed by atoms with van der Waals surface area (Å²) in [6.45, 7) is 5.17. The molecule has 9 nitrogen and oxygen atoms in total. The van der Waals surface area contributed by atoms with Gasteiger partial charge in [0.2, 0.25) is 11.8 Å². The second kappa shape index (κ2) is 5.80. The van der Waals surface area contributed by atoms with Gasteiger partial charge in [0.05, 0.1) is 18.5 Å². The predicted molar refractivity (Wildman–Crippen MR) is 83.1 cm³/mol. The Morgan fingerprint density at radius 1 is 1.61 bits per heavy atom. The minimum atomic E-state index is -0.807. The number of hydrogen-bond acceptors (Lipinski definition) is 9. The van der Waals surface area contributed by atoms with Crippen molar-refractivity contribution in [2.24, 2.45) is 0 Å². The van der Waals surface area contributed by atoms with Gasteiger partial charge in [-0.2, -0.15) is 9.97 Å². The van der Waals surface area contributed by atoms with Crippen LogP contribution in [0.15, 0.2) is 17.1 Å². The van der Waals surface area contributed by atoms with E-state index in [1.54, 1.807) is 6.92 Å². The number of nitrogens with zero attached hydrogens (tertiary/aromatic N) is 3. The fourth-order valence-corrected chi connectivity index (χ4v) is 3.41. The summed E-state index contributed by atoms with van der Waals surface area (Å²) in [4.78, 5) is 19.6. The highest BCUT2D eigenvalue weighted by atomic mass is 32.1. The number of hydrogen-bond donors (Lipinski definition) is 3. The molecule has 3 rings (SSSR count). The number of nitrogen functional groups attached to an aromatic ring is 1. The third-order valence-electron chi connectivity index (χ3n) is 3.42. The first kappa shape index (κ1) is 15.7. The molecule has 1 fully saturated rings. The molecule has 3 heterocycles. The number of rotatable bonds is 4. The molecule has 1 aliphatic heterocycles. The number of thiazole rings is 1. The smallest absolute Gasteiger partial charge is 0.311 e. The van der Waals surface area contributed by atoms with Crippen molar-refractivity contribution < 1.29 is 19.7 Å². The number of nitrogens with two attached hydrogens (primary N) is 1. The highest BCUT2D eigenvalue weighted by Gasteiger charge is 2.40. The van der Waals surface area contributed by atoms with Crippen LogP contribution in [0.2, 0.25) is 0 Å². The Hall–Kier alpha value is -2.17. The molecule has 0 aliphatic carbocycles. The molecule has 1 saturated heterocycles. The Balaban J connectivity index is 2.12. The monoisotopic (exact) mass is 340 g/mol. The van der Waals surface area contributed by atoms with Gasteiger partial charge >= 0.3 is 4.87 Å². The Kier molecular flexibility index (Phi) is 3.96. The summed E-state index contributed by atoms with van der Waals surface area (Å²) in [6.07, 6.45) is -1.40. The summed E-state index contributed by atoms with van der Waals surface area (Å²) in [7, 11) is 0. The molecular formula is C13H16N4O5S. The lowest BCUT2D eigenvalue weighted by molar-refractivity contribution is -0.0559. The maximum Gasteiger partial charge on any atom is 0.311 e. The SMILES string of the molecule is C=C(C)O[C@@H]1C[C@@H](CO)O[C@H]1n1c(=O)sc2c(O)nc(N)nc21. The van der Waals surface area contributed by atoms with Gasteiger partial charge in [-0.3, -0.25) is 9.36 Å². The number of aliphatic hydroxyl groups excluding tert-OH is 1. The van der Waals surface area contributed by atoms with Crippen LogP contribution < -0.4 is 10.6 Å². The molecule has 124 valence electrons. The van der Waals surface area contributed by atoms with E-state index >= 15 is 0 Å². The van der Waals surface area contributed by atoms with Crippen LogP contribution in [-0.2, 0) is 9.47 Å². The number of anilines is 1. The maximum absolute atomic E-state index is 12.4. The van der Waals surface area contributed by atoms with Crippen LogP contribution >= 0.6 is 11.3 Å². The van der Waals surface area contributed by atoms with Crippen LogP contribution in [0.1, 0.15) is 19.6 Å². The summed E-state index contributed by atoms with van der Waals surface area (Å²) in [5.41, 5.74) is 5.72. The maximum atomic E-state index is 12.4. The van der Waals surface area contributed by atoms with Crippen LogP contribution in [0.3, 0.4) is 0 Å². The van der Waals surface area contributed by atoms with Crippen LogP contribution in [0.25, 0.3) is 10.3 Å². The highest BCUT2D eigenvalue weighted by molar-refractivity contribution is 7.16. The lowest BCUT2D eigenvalue weighted by Gasteiger charge is -2.21. The number of aromatic nitrogens is 3. The van der Waals surface area contributed by atoms with Crippen molar-refractivity contribution in [1.29, 1.82) is 0 Å². The highest BCUT2D eigenvalue weighted by Crippen LogP contribution is 2.35. The van der Waals surface area contributed by atoms with Gasteiger partial charge < -0.3 is 25.4 Å². The molecule has 1 aliphatic rings. The average Bonchev–Trinajstić information content (AvgIpc) is 2.99. The van der Waals surface area contributed by atoms with E-state index < -0.39 is 23.3 Å². The molecule has 0 spiro atoms. The van der Waals surface area contributed by atoms with Crippen molar-refractivity contribution in [3.63, 3.8) is 0 Å². The largest absolute Gasteiger partial charge is 0.492 e. The van der Waals surface area contributed by atoms with E-state index in [0.717, 1.165) is 11.3 Å². The molecule has 0 amide bonds. The minimum Gasteiger partial charge on any atom is -0.492 e. The molecule has 23 heavy (non-hydrogen) atoms.